The van der Waals surface area contributed by atoms with Crippen LogP contribution in [-0.2, 0) is 28.8 Å². The highest BCUT2D eigenvalue weighted by molar-refractivity contribution is 8.76. The third kappa shape index (κ3) is 5.11. The molecule has 4 aliphatic heterocycles. The van der Waals surface area contributed by atoms with E-state index < -0.39 is 41.9 Å². The lowest BCUT2D eigenvalue weighted by Gasteiger charge is -2.34. The van der Waals surface area contributed by atoms with Crippen LogP contribution in [0.25, 0.3) is 0 Å². The molecule has 186 valence electrons. The third-order valence-corrected chi connectivity index (χ3v) is 8.95. The number of carbonyl (C=O) groups is 6. The average molecular weight is 513 g/mol. The summed E-state index contributed by atoms with van der Waals surface area (Å²) in [5.74, 6) is -1.43. The maximum atomic E-state index is 13.2. The van der Waals surface area contributed by atoms with Crippen molar-refractivity contribution < 1.29 is 28.8 Å². The van der Waals surface area contributed by atoms with E-state index in [0.717, 1.165) is 6.42 Å². The first kappa shape index (κ1) is 24.6. The standard InChI is InChI=1S/C20H28N6O6S2/c21-16(28)13-3-1-5-25(13)19(31)11(23-17(29)10-7-15(27)22-10)8-33-34-9-12-20(32)26-6-2-4-14(26)18(30)24-12/h10-14H,1-9H2,(H2,21,28)(H,22,27)(H,23,29)(H,24,30)/t10?,11-,12-,13+,14?/m0/s1. The molecule has 0 spiro atoms. The first-order valence-electron chi connectivity index (χ1n) is 11.3. The van der Waals surface area contributed by atoms with Crippen molar-refractivity contribution in [3.05, 3.63) is 0 Å². The summed E-state index contributed by atoms with van der Waals surface area (Å²) in [4.78, 5) is 76.5. The molecule has 0 aromatic rings. The molecule has 12 nitrogen and oxygen atoms in total. The zero-order valence-electron chi connectivity index (χ0n) is 18.5. The number of hydrogen-bond acceptors (Lipinski definition) is 8. The summed E-state index contributed by atoms with van der Waals surface area (Å²) in [7, 11) is 2.61. The van der Waals surface area contributed by atoms with Gasteiger partial charge in [-0.25, -0.2) is 0 Å². The number of piperazine rings is 1. The molecule has 0 aromatic carbocycles. The number of β-lactam (4-membered cyclic amide) rings is 1. The van der Waals surface area contributed by atoms with Gasteiger partial charge in [-0.1, -0.05) is 21.6 Å². The van der Waals surface area contributed by atoms with Crippen molar-refractivity contribution in [2.24, 2.45) is 5.73 Å². The van der Waals surface area contributed by atoms with Crippen molar-refractivity contribution in [2.45, 2.75) is 62.3 Å². The second-order valence-corrected chi connectivity index (χ2v) is 11.3. The molecule has 0 saturated carbocycles. The molecule has 0 aliphatic carbocycles. The number of nitrogens with zero attached hydrogens (tertiary/aromatic N) is 2. The largest absolute Gasteiger partial charge is 0.368 e. The smallest absolute Gasteiger partial charge is 0.246 e. The topological polar surface area (TPSA) is 171 Å². The summed E-state index contributed by atoms with van der Waals surface area (Å²) in [5, 5.41) is 7.94. The number of nitrogens with two attached hydrogens (primary N) is 1. The van der Waals surface area contributed by atoms with Gasteiger partial charge in [-0.2, -0.15) is 0 Å². The van der Waals surface area contributed by atoms with E-state index in [4.69, 9.17) is 5.73 Å². The Labute approximate surface area is 204 Å². The lowest BCUT2D eigenvalue weighted by molar-refractivity contribution is -0.146. The van der Waals surface area contributed by atoms with E-state index in [0.29, 0.717) is 38.1 Å². The molecule has 4 heterocycles. The fraction of sp³-hybridized carbons (Fsp3) is 0.700. The van der Waals surface area contributed by atoms with Gasteiger partial charge >= 0.3 is 0 Å². The van der Waals surface area contributed by atoms with Crippen molar-refractivity contribution in [3.63, 3.8) is 0 Å². The summed E-state index contributed by atoms with van der Waals surface area (Å²) >= 11 is 0. The predicted octanol–water partition coefficient (Wildman–Crippen LogP) is -2.29. The van der Waals surface area contributed by atoms with Gasteiger partial charge in [0, 0.05) is 24.6 Å². The Hall–Kier alpha value is -2.48. The minimum Gasteiger partial charge on any atom is -0.368 e. The second-order valence-electron chi connectivity index (χ2n) is 8.80. The summed E-state index contributed by atoms with van der Waals surface area (Å²) in [6, 6.07) is -3.33. The van der Waals surface area contributed by atoms with Crippen molar-refractivity contribution in [3.8, 4) is 0 Å². The normalized spacial score (nSPS) is 29.1. The Morgan fingerprint density at radius 3 is 2.53 bits per heavy atom. The van der Waals surface area contributed by atoms with Crippen LogP contribution in [0, 0.1) is 0 Å². The number of fused-ring (bicyclic) bond motifs is 1. The molecule has 4 aliphatic rings. The molecular weight excluding hydrogens is 484 g/mol. The first-order chi connectivity index (χ1) is 16.3. The molecule has 2 unspecified atom stereocenters. The molecular formula is C20H28N6O6S2. The second kappa shape index (κ2) is 10.4. The van der Waals surface area contributed by atoms with Crippen LogP contribution >= 0.6 is 21.6 Å². The molecule has 4 saturated heterocycles. The van der Waals surface area contributed by atoms with Crippen LogP contribution < -0.4 is 21.7 Å². The van der Waals surface area contributed by atoms with Crippen LogP contribution in [0.1, 0.15) is 32.1 Å². The summed E-state index contributed by atoms with van der Waals surface area (Å²) in [6.45, 7) is 0.957. The Kier molecular flexibility index (Phi) is 7.55. The quantitative estimate of drug-likeness (QED) is 0.152. The van der Waals surface area contributed by atoms with Gasteiger partial charge in [0.05, 0.1) is 6.42 Å². The predicted molar refractivity (Wildman–Crippen MR) is 124 cm³/mol. The van der Waals surface area contributed by atoms with Gasteiger partial charge in [-0.3, -0.25) is 28.8 Å². The minimum atomic E-state index is -0.929. The molecule has 4 rings (SSSR count). The van der Waals surface area contributed by atoms with Gasteiger partial charge in [0.25, 0.3) is 0 Å². The highest BCUT2D eigenvalue weighted by Gasteiger charge is 2.43. The number of primary amides is 1. The monoisotopic (exact) mass is 512 g/mol. The number of hydrogen-bond donors (Lipinski definition) is 4. The summed E-state index contributed by atoms with van der Waals surface area (Å²) < 4.78 is 0. The minimum absolute atomic E-state index is 0.0588. The van der Waals surface area contributed by atoms with E-state index in [2.05, 4.69) is 16.0 Å². The number of amides is 6. The van der Waals surface area contributed by atoms with Crippen molar-refractivity contribution in [1.82, 2.24) is 25.8 Å². The van der Waals surface area contributed by atoms with Gasteiger partial charge in [-0.15, -0.1) is 0 Å². The maximum Gasteiger partial charge on any atom is 0.246 e. The highest BCUT2D eigenvalue weighted by Crippen LogP contribution is 2.28. The fourth-order valence-corrected chi connectivity index (χ4v) is 6.98. The summed E-state index contributed by atoms with van der Waals surface area (Å²) in [6.07, 6.45) is 2.67. The van der Waals surface area contributed by atoms with Crippen molar-refractivity contribution in [2.75, 3.05) is 24.6 Å². The van der Waals surface area contributed by atoms with Crippen LogP contribution in [0.4, 0.5) is 0 Å². The van der Waals surface area contributed by atoms with Crippen LogP contribution in [0.15, 0.2) is 0 Å². The van der Waals surface area contributed by atoms with E-state index in [1.54, 1.807) is 4.90 Å². The molecule has 0 radical (unpaired) electrons. The SMILES string of the molecule is NC(=O)[C@H]1CCCN1C(=O)[C@H](CSSC[C@@H]1NC(=O)C2CCCN2C1=O)NC(=O)C1CC(=O)N1. The van der Waals surface area contributed by atoms with E-state index in [9.17, 15) is 28.8 Å². The molecule has 4 fully saturated rings. The number of likely N-dealkylation sites (tertiary alicyclic amines) is 1. The number of nitrogens with one attached hydrogen (secondary N) is 3. The lowest BCUT2D eigenvalue weighted by Crippen LogP contribution is -2.62. The van der Waals surface area contributed by atoms with Crippen LogP contribution in [0.2, 0.25) is 0 Å². The fourth-order valence-electron chi connectivity index (χ4n) is 4.67. The van der Waals surface area contributed by atoms with E-state index >= 15 is 0 Å². The van der Waals surface area contributed by atoms with Crippen LogP contribution in [-0.4, -0.2) is 100 Å². The van der Waals surface area contributed by atoms with Gasteiger partial charge in [0.15, 0.2) is 0 Å². The number of rotatable bonds is 9. The summed E-state index contributed by atoms with van der Waals surface area (Å²) in [5.41, 5.74) is 5.44. The Balaban J connectivity index is 1.33. The van der Waals surface area contributed by atoms with Crippen molar-refractivity contribution >= 4 is 57.0 Å². The zero-order chi connectivity index (χ0) is 24.4. The van der Waals surface area contributed by atoms with E-state index in [1.807, 2.05) is 0 Å². The van der Waals surface area contributed by atoms with E-state index in [-0.39, 0.29) is 35.9 Å². The molecule has 5 N–H and O–H groups in total. The molecule has 0 bridgehead atoms. The maximum absolute atomic E-state index is 13.2. The van der Waals surface area contributed by atoms with Gasteiger partial charge in [0.1, 0.15) is 30.2 Å². The highest BCUT2D eigenvalue weighted by atomic mass is 33.1. The number of carbonyl (C=O) groups excluding carboxylic acids is 6. The molecule has 0 aromatic heterocycles. The molecule has 14 heteroatoms. The lowest BCUT2D eigenvalue weighted by atomic mass is 10.1. The Bertz CT molecular complexity index is 895. The van der Waals surface area contributed by atoms with Crippen molar-refractivity contribution in [1.29, 1.82) is 0 Å². The van der Waals surface area contributed by atoms with Gasteiger partial charge in [0.2, 0.25) is 35.4 Å². The van der Waals surface area contributed by atoms with Crippen LogP contribution in [0.3, 0.4) is 0 Å². The first-order valence-corrected chi connectivity index (χ1v) is 13.8. The third-order valence-electron chi connectivity index (χ3n) is 6.53. The van der Waals surface area contributed by atoms with Gasteiger partial charge < -0.3 is 31.5 Å². The van der Waals surface area contributed by atoms with Gasteiger partial charge in [-0.05, 0) is 25.7 Å². The van der Waals surface area contributed by atoms with E-state index in [1.165, 1.54) is 26.5 Å². The average Bonchev–Trinajstić information content (AvgIpc) is 3.46. The Morgan fingerprint density at radius 2 is 1.82 bits per heavy atom. The zero-order valence-corrected chi connectivity index (χ0v) is 20.1. The molecule has 6 amide bonds. The van der Waals surface area contributed by atoms with Crippen LogP contribution in [0.5, 0.6) is 0 Å². The Morgan fingerprint density at radius 1 is 1.09 bits per heavy atom. The molecule has 5 atom stereocenters. The molecule has 34 heavy (non-hydrogen) atoms.